The fourth-order valence-electron chi connectivity index (χ4n) is 2.75. The van der Waals surface area contributed by atoms with Crippen molar-refractivity contribution < 1.29 is 9.53 Å². The minimum absolute atomic E-state index is 0.344. The highest BCUT2D eigenvalue weighted by molar-refractivity contribution is 7.16. The Bertz CT molecular complexity index is 1070. The number of hydrogen-bond acceptors (Lipinski definition) is 3. The number of hydrogen-bond donors (Lipinski definition) is 0. The van der Waals surface area contributed by atoms with Gasteiger partial charge in [-0.15, -0.1) is 6.42 Å². The Balaban J connectivity index is 2.16. The molecule has 0 saturated carbocycles. The fraction of sp³-hybridized carbons (Fsp3) is 0.238. The smallest absolute Gasteiger partial charge is 0.283 e. The lowest BCUT2D eigenvalue weighted by Crippen LogP contribution is -2.16. The maximum absolute atomic E-state index is 12.7. The lowest BCUT2D eigenvalue weighted by atomic mass is 10.0. The number of terminal acetylenes is 1. The average Bonchev–Trinajstić information content (AvgIpc) is 2.98. The Hall–Kier alpha value is -2.84. The van der Waals surface area contributed by atoms with Crippen LogP contribution in [-0.4, -0.2) is 17.6 Å². The fourth-order valence-corrected chi connectivity index (χ4v) is 3.82. The molecule has 0 fully saturated rings. The van der Waals surface area contributed by atoms with Gasteiger partial charge >= 0.3 is 0 Å². The molecule has 1 aromatic heterocycles. The van der Waals surface area contributed by atoms with Gasteiger partial charge in [0.05, 0.1) is 29.4 Å². The van der Waals surface area contributed by atoms with Crippen LogP contribution in [0.4, 0.5) is 0 Å². The summed E-state index contributed by atoms with van der Waals surface area (Å²) in [7, 11) is 1.54. The second-order valence-electron chi connectivity index (χ2n) is 6.17. The van der Waals surface area contributed by atoms with E-state index in [2.05, 4.69) is 36.9 Å². The number of para-hydroxylation sites is 1. The monoisotopic (exact) mass is 364 g/mol. The number of ether oxygens (including phenoxy) is 1. The van der Waals surface area contributed by atoms with Crippen LogP contribution in [0.1, 0.15) is 35.7 Å². The first-order chi connectivity index (χ1) is 12.5. The quantitative estimate of drug-likeness (QED) is 0.651. The second kappa shape index (κ2) is 7.59. The van der Waals surface area contributed by atoms with Gasteiger partial charge in [-0.25, -0.2) is 0 Å². The van der Waals surface area contributed by atoms with Gasteiger partial charge in [-0.2, -0.15) is 4.99 Å². The summed E-state index contributed by atoms with van der Waals surface area (Å²) in [5.74, 6) is 3.24. The van der Waals surface area contributed by atoms with Crippen molar-refractivity contribution in [2.45, 2.75) is 26.3 Å². The van der Waals surface area contributed by atoms with Crippen LogP contribution in [0.25, 0.3) is 10.2 Å². The summed E-state index contributed by atoms with van der Waals surface area (Å²) in [5.41, 5.74) is 2.67. The van der Waals surface area contributed by atoms with Crippen molar-refractivity contribution in [3.63, 3.8) is 0 Å². The largest absolute Gasteiger partial charge is 0.496 e. The maximum Gasteiger partial charge on any atom is 0.283 e. The highest BCUT2D eigenvalue weighted by atomic mass is 32.1. The second-order valence-corrected chi connectivity index (χ2v) is 7.18. The van der Waals surface area contributed by atoms with E-state index in [1.807, 2.05) is 16.7 Å². The molecule has 3 aromatic rings. The first kappa shape index (κ1) is 18.0. The Kier molecular flexibility index (Phi) is 5.24. The van der Waals surface area contributed by atoms with E-state index >= 15 is 0 Å². The summed E-state index contributed by atoms with van der Waals surface area (Å²) in [6, 6.07) is 13.4. The van der Waals surface area contributed by atoms with Gasteiger partial charge in [0.15, 0.2) is 4.80 Å². The molecule has 0 atom stereocenters. The average molecular weight is 364 g/mol. The van der Waals surface area contributed by atoms with E-state index < -0.39 is 0 Å². The van der Waals surface area contributed by atoms with Crippen molar-refractivity contribution in [2.24, 2.45) is 4.99 Å². The molecule has 0 spiro atoms. The summed E-state index contributed by atoms with van der Waals surface area (Å²) in [4.78, 5) is 17.6. The molecule has 0 aliphatic carbocycles. The zero-order valence-corrected chi connectivity index (χ0v) is 15.8. The number of carbonyl (C=O) groups is 1. The summed E-state index contributed by atoms with van der Waals surface area (Å²) in [6.45, 7) is 4.67. The molecular weight excluding hydrogens is 344 g/mol. The van der Waals surface area contributed by atoms with E-state index in [1.54, 1.807) is 18.2 Å². The van der Waals surface area contributed by atoms with Gasteiger partial charge < -0.3 is 9.30 Å². The van der Waals surface area contributed by atoms with Crippen molar-refractivity contribution in [1.29, 1.82) is 0 Å². The van der Waals surface area contributed by atoms with Gasteiger partial charge in [0.25, 0.3) is 5.91 Å². The molecule has 1 amide bonds. The van der Waals surface area contributed by atoms with Crippen LogP contribution in [0.3, 0.4) is 0 Å². The van der Waals surface area contributed by atoms with Crippen molar-refractivity contribution in [1.82, 2.24) is 4.57 Å². The zero-order chi connectivity index (χ0) is 18.7. The number of benzene rings is 2. The molecule has 4 nitrogen and oxygen atoms in total. The summed E-state index contributed by atoms with van der Waals surface area (Å²) >= 11 is 1.47. The van der Waals surface area contributed by atoms with Crippen LogP contribution < -0.4 is 9.54 Å². The normalized spacial score (nSPS) is 11.7. The Morgan fingerprint density at radius 1 is 1.31 bits per heavy atom. The summed E-state index contributed by atoms with van der Waals surface area (Å²) in [5, 5.41) is 0. The first-order valence-electron chi connectivity index (χ1n) is 8.34. The van der Waals surface area contributed by atoms with E-state index in [1.165, 1.54) is 24.0 Å². The van der Waals surface area contributed by atoms with Gasteiger partial charge in [0.1, 0.15) is 5.75 Å². The molecule has 26 heavy (non-hydrogen) atoms. The summed E-state index contributed by atoms with van der Waals surface area (Å²) in [6.07, 6.45) is 5.53. The molecule has 0 unspecified atom stereocenters. The Labute approximate surface area is 156 Å². The Morgan fingerprint density at radius 2 is 2.08 bits per heavy atom. The van der Waals surface area contributed by atoms with Crippen molar-refractivity contribution in [2.75, 3.05) is 7.11 Å². The zero-order valence-electron chi connectivity index (χ0n) is 15.0. The molecule has 1 heterocycles. The third-order valence-electron chi connectivity index (χ3n) is 4.16. The molecule has 3 rings (SSSR count). The third kappa shape index (κ3) is 3.42. The van der Waals surface area contributed by atoms with E-state index in [0.29, 0.717) is 28.6 Å². The van der Waals surface area contributed by atoms with Gasteiger partial charge in [0.2, 0.25) is 0 Å². The molecule has 0 bridgehead atoms. The maximum atomic E-state index is 12.7. The number of aromatic nitrogens is 1. The number of carbonyl (C=O) groups excluding carboxylic acids is 1. The number of fused-ring (bicyclic) bond motifs is 1. The number of rotatable bonds is 4. The van der Waals surface area contributed by atoms with E-state index in [9.17, 15) is 4.79 Å². The van der Waals surface area contributed by atoms with Gasteiger partial charge in [-0.05, 0) is 35.7 Å². The molecule has 132 valence electrons. The Morgan fingerprint density at radius 3 is 2.77 bits per heavy atom. The van der Waals surface area contributed by atoms with Crippen molar-refractivity contribution in [3.8, 4) is 18.1 Å². The molecule has 0 saturated heterocycles. The molecule has 0 radical (unpaired) electrons. The third-order valence-corrected chi connectivity index (χ3v) is 5.20. The van der Waals surface area contributed by atoms with Crippen LogP contribution >= 0.6 is 11.3 Å². The van der Waals surface area contributed by atoms with Crippen molar-refractivity contribution >= 4 is 27.5 Å². The predicted molar refractivity (Wildman–Crippen MR) is 106 cm³/mol. The molecule has 2 aromatic carbocycles. The van der Waals surface area contributed by atoms with Crippen LogP contribution in [0, 0.1) is 12.3 Å². The number of nitrogens with zero attached hydrogens (tertiary/aromatic N) is 2. The molecule has 0 aliphatic rings. The van der Waals surface area contributed by atoms with Gasteiger partial charge in [0, 0.05) is 0 Å². The lowest BCUT2D eigenvalue weighted by Gasteiger charge is -2.05. The minimum atomic E-state index is -0.344. The molecule has 0 N–H and O–H groups in total. The van der Waals surface area contributed by atoms with Crippen LogP contribution in [0.15, 0.2) is 47.5 Å². The van der Waals surface area contributed by atoms with E-state index in [4.69, 9.17) is 11.2 Å². The lowest BCUT2D eigenvalue weighted by molar-refractivity contribution is 0.0995. The van der Waals surface area contributed by atoms with Crippen LogP contribution in [0.5, 0.6) is 5.75 Å². The number of amides is 1. The van der Waals surface area contributed by atoms with Crippen LogP contribution in [0.2, 0.25) is 0 Å². The number of thiazole rings is 1. The van der Waals surface area contributed by atoms with Gasteiger partial charge in [-0.1, -0.05) is 49.3 Å². The SMILES string of the molecule is C#CCn1c(=NC(=O)c2ccccc2OC)sc2cc(C(C)C)ccc21. The van der Waals surface area contributed by atoms with Gasteiger partial charge in [-0.3, -0.25) is 4.79 Å². The van der Waals surface area contributed by atoms with Crippen LogP contribution in [-0.2, 0) is 6.54 Å². The summed E-state index contributed by atoms with van der Waals surface area (Å²) < 4.78 is 8.23. The standard InChI is InChI=1S/C21H20N2O2S/c1-5-12-23-17-11-10-15(14(2)3)13-19(17)26-21(23)22-20(24)16-8-6-7-9-18(16)25-4/h1,6-11,13-14H,12H2,2-4H3. The topological polar surface area (TPSA) is 43.6 Å². The molecule has 0 aliphatic heterocycles. The number of methoxy groups -OCH3 is 1. The highest BCUT2D eigenvalue weighted by Gasteiger charge is 2.13. The van der Waals surface area contributed by atoms with E-state index in [0.717, 1.165) is 10.2 Å². The predicted octanol–water partition coefficient (Wildman–Crippen LogP) is 4.21. The molecular formula is C21H20N2O2S. The van der Waals surface area contributed by atoms with Crippen molar-refractivity contribution in [3.05, 3.63) is 58.4 Å². The van der Waals surface area contributed by atoms with E-state index in [-0.39, 0.29) is 5.91 Å². The first-order valence-corrected chi connectivity index (χ1v) is 9.15. The minimum Gasteiger partial charge on any atom is -0.496 e. The highest BCUT2D eigenvalue weighted by Crippen LogP contribution is 2.24. The molecule has 5 heteroatoms.